The molecule has 17 heteroatoms. The smallest absolute Gasteiger partial charge is 0.344 e. The molecule has 1 aliphatic carbocycles. The summed E-state index contributed by atoms with van der Waals surface area (Å²) in [6, 6.07) is 46.3. The lowest BCUT2D eigenvalue weighted by Crippen LogP contribution is -2.45. The fourth-order valence-corrected chi connectivity index (χ4v) is 12.1. The number of amides is 1. The van der Waals surface area contributed by atoms with Crippen LogP contribution in [0.5, 0.6) is 23.0 Å². The lowest BCUT2D eigenvalue weighted by molar-refractivity contribution is -0.150. The van der Waals surface area contributed by atoms with Gasteiger partial charge in [-0.15, -0.1) is 0 Å². The summed E-state index contributed by atoms with van der Waals surface area (Å²) >= 11 is 1.39. The van der Waals surface area contributed by atoms with Crippen LogP contribution in [0.4, 0.5) is 16.5 Å². The van der Waals surface area contributed by atoms with Crippen molar-refractivity contribution < 1.29 is 52.3 Å². The van der Waals surface area contributed by atoms with Crippen molar-refractivity contribution in [2.45, 2.75) is 104 Å². The van der Waals surface area contributed by atoms with E-state index >= 15 is 0 Å². The molecule has 7 aromatic carbocycles. The molecule has 1 amide bonds. The number of para-hydroxylation sites is 3. The number of carbonyl (C=O) groups excluding carboxylic acids is 3. The van der Waals surface area contributed by atoms with Gasteiger partial charge in [0.15, 0.2) is 0 Å². The van der Waals surface area contributed by atoms with Gasteiger partial charge in [-0.2, -0.15) is 15.2 Å². The van der Waals surface area contributed by atoms with Crippen LogP contribution in [0.15, 0.2) is 162 Å². The Balaban J connectivity index is 0.841. The number of hydrogen-bond acceptors (Lipinski definition) is 16. The molecule has 8 aromatic rings. The van der Waals surface area contributed by atoms with E-state index in [0.717, 1.165) is 99.4 Å². The van der Waals surface area contributed by atoms with Crippen LogP contribution in [0.2, 0.25) is 0 Å². The number of aryl methyl sites for hydroxylation is 1. The van der Waals surface area contributed by atoms with Gasteiger partial charge in [-0.3, -0.25) is 4.79 Å². The minimum atomic E-state index is -0.659. The third-order valence-corrected chi connectivity index (χ3v) is 17.5. The van der Waals surface area contributed by atoms with E-state index in [1.807, 2.05) is 110 Å². The van der Waals surface area contributed by atoms with E-state index in [-0.39, 0.29) is 34.6 Å². The molecule has 3 aliphatic rings. The standard InChI is InChI=1S/C72H77N5O11S/c1-4-19-68(78)77(71-75-62-24-14-15-25-67(62)89-71)74-45-61-58-32-33-59(70(80)88-63-36-27-52(42-50(63)3)69(79)86-56-30-28-55(29-31-56)84-41-18-39-81-46-51-26-35-65-66(43-51)87-65)60(44-73-76(53-20-10-8-11-21-53)54-22-12-9-13-23-54)57(58)34-37-64(61)85-40-17-7-6-16-38-82-47-72(5-2)48-83-49-72/h8-15,20-25,27-34,36-37,42,44-45,51,65-66H,4-7,16-19,26,35,38-41,43,46-49H2,1-3H3/b73-44+,74-45+. The topological polar surface area (TPSA) is 172 Å². The minimum absolute atomic E-state index is 0.161. The predicted molar refractivity (Wildman–Crippen MR) is 349 cm³/mol. The van der Waals surface area contributed by atoms with Gasteiger partial charge in [-0.25, -0.2) is 19.6 Å². The lowest BCUT2D eigenvalue weighted by Gasteiger charge is -2.40. The molecule has 3 heterocycles. The number of esters is 2. The van der Waals surface area contributed by atoms with Crippen LogP contribution in [-0.2, 0) is 23.7 Å². The van der Waals surface area contributed by atoms with E-state index in [9.17, 15) is 14.4 Å². The minimum Gasteiger partial charge on any atom is -0.494 e. The Morgan fingerprint density at radius 2 is 1.35 bits per heavy atom. The van der Waals surface area contributed by atoms with E-state index in [1.165, 1.54) is 22.8 Å². The monoisotopic (exact) mass is 1220 g/mol. The molecule has 1 aromatic heterocycles. The van der Waals surface area contributed by atoms with Crippen molar-refractivity contribution in [3.63, 3.8) is 0 Å². The van der Waals surface area contributed by atoms with Gasteiger partial charge in [0.25, 0.3) is 0 Å². The maximum Gasteiger partial charge on any atom is 0.344 e. The summed E-state index contributed by atoms with van der Waals surface area (Å²) in [5, 5.41) is 15.0. The Morgan fingerprint density at radius 1 is 0.663 bits per heavy atom. The number of anilines is 3. The van der Waals surface area contributed by atoms with E-state index in [2.05, 4.69) is 6.92 Å². The van der Waals surface area contributed by atoms with Gasteiger partial charge in [-0.05, 0) is 178 Å². The van der Waals surface area contributed by atoms with Crippen molar-refractivity contribution in [3.05, 3.63) is 179 Å². The van der Waals surface area contributed by atoms with Crippen molar-refractivity contribution in [1.29, 1.82) is 0 Å². The van der Waals surface area contributed by atoms with Gasteiger partial charge in [0.1, 0.15) is 23.0 Å². The first kappa shape index (κ1) is 62.3. The van der Waals surface area contributed by atoms with Gasteiger partial charge in [0.2, 0.25) is 11.0 Å². The Kier molecular flexibility index (Phi) is 21.2. The number of benzene rings is 7. The molecule has 0 N–H and O–H groups in total. The molecule has 0 radical (unpaired) electrons. The maximum absolute atomic E-state index is 14.9. The SMILES string of the molecule is CCCC(=O)N(/N=C/c1c(OCCCCCCOCC2(CC)COC2)ccc2c(/C=N/N(c3ccccc3)c3ccccc3)c(C(=O)Oc3ccc(C(=O)Oc4ccc(OCCCOCC5CCC6OC6C5)cc4)cc3C)ccc12)c1nc2ccccc2s1. The summed E-state index contributed by atoms with van der Waals surface area (Å²) in [4.78, 5) is 47.2. The number of hydrazone groups is 2. The Bertz CT molecular complexity index is 3660. The molecule has 11 rings (SSSR count). The maximum atomic E-state index is 14.9. The molecule has 1 saturated carbocycles. The zero-order valence-electron chi connectivity index (χ0n) is 50.9. The zero-order chi connectivity index (χ0) is 61.4. The van der Waals surface area contributed by atoms with E-state index in [0.29, 0.717) is 101 Å². The van der Waals surface area contributed by atoms with Crippen LogP contribution in [0.25, 0.3) is 21.0 Å². The molecule has 2 aliphatic heterocycles. The second kappa shape index (κ2) is 30.3. The molecule has 3 atom stereocenters. The van der Waals surface area contributed by atoms with E-state index in [1.54, 1.807) is 72.9 Å². The first-order valence-corrected chi connectivity index (χ1v) is 32.0. The van der Waals surface area contributed by atoms with Crippen LogP contribution in [-0.4, -0.2) is 100 Å². The third-order valence-electron chi connectivity index (χ3n) is 16.5. The van der Waals surface area contributed by atoms with Crippen LogP contribution < -0.4 is 29.0 Å². The fraction of sp³-hybridized carbons (Fsp3) is 0.361. The highest BCUT2D eigenvalue weighted by molar-refractivity contribution is 7.22. The molecular formula is C72H77N5O11S. The summed E-state index contributed by atoms with van der Waals surface area (Å²) in [7, 11) is 0. The van der Waals surface area contributed by atoms with Crippen molar-refractivity contribution in [1.82, 2.24) is 4.98 Å². The number of aromatic nitrogens is 1. The molecular weight excluding hydrogens is 1140 g/mol. The first-order chi connectivity index (χ1) is 43.6. The molecule has 0 spiro atoms. The summed E-state index contributed by atoms with van der Waals surface area (Å²) in [6.07, 6.45) is 14.0. The largest absolute Gasteiger partial charge is 0.494 e. The fourth-order valence-electron chi connectivity index (χ4n) is 11.1. The second-order valence-corrected chi connectivity index (χ2v) is 24.1. The summed E-state index contributed by atoms with van der Waals surface area (Å²) in [6.45, 7) is 11.2. The highest BCUT2D eigenvalue weighted by atomic mass is 32.1. The zero-order valence-corrected chi connectivity index (χ0v) is 51.7. The van der Waals surface area contributed by atoms with E-state index in [4.69, 9.17) is 53.1 Å². The Morgan fingerprint density at radius 3 is 2.07 bits per heavy atom. The van der Waals surface area contributed by atoms with Crippen molar-refractivity contribution in [3.8, 4) is 23.0 Å². The number of carbonyl (C=O) groups is 3. The number of fused-ring (bicyclic) bond motifs is 3. The number of thiazole rings is 1. The summed E-state index contributed by atoms with van der Waals surface area (Å²) in [5.74, 6) is 0.944. The molecule has 16 nitrogen and oxygen atoms in total. The van der Waals surface area contributed by atoms with Gasteiger partial charge in [-0.1, -0.05) is 86.2 Å². The quantitative estimate of drug-likeness (QED) is 0.0100. The highest BCUT2D eigenvalue weighted by Gasteiger charge is 2.43. The Labute approximate surface area is 524 Å². The molecule has 2 saturated heterocycles. The number of unbranched alkanes of at least 4 members (excludes halogenated alkanes) is 3. The lowest BCUT2D eigenvalue weighted by atomic mass is 9.84. The molecule has 3 fully saturated rings. The second-order valence-electron chi connectivity index (χ2n) is 23.1. The summed E-state index contributed by atoms with van der Waals surface area (Å²) < 4.78 is 48.6. The highest BCUT2D eigenvalue weighted by Crippen LogP contribution is 2.40. The van der Waals surface area contributed by atoms with Crippen LogP contribution >= 0.6 is 11.3 Å². The molecule has 3 unspecified atom stereocenters. The van der Waals surface area contributed by atoms with Gasteiger partial charge >= 0.3 is 11.9 Å². The number of ether oxygens (including phenoxy) is 8. The van der Waals surface area contributed by atoms with Gasteiger partial charge in [0, 0.05) is 49.2 Å². The van der Waals surface area contributed by atoms with Crippen LogP contribution in [0.3, 0.4) is 0 Å². The van der Waals surface area contributed by atoms with E-state index < -0.39 is 11.9 Å². The number of hydrogen-bond donors (Lipinski definition) is 0. The van der Waals surface area contributed by atoms with Crippen molar-refractivity contribution in [2.75, 3.05) is 62.9 Å². The summed E-state index contributed by atoms with van der Waals surface area (Å²) in [5.41, 5.74) is 4.58. The first-order valence-electron chi connectivity index (χ1n) is 31.2. The number of nitrogens with zero attached hydrogens (tertiary/aromatic N) is 5. The molecule has 0 bridgehead atoms. The average molecular weight is 1220 g/mol. The Hall–Kier alpha value is -8.32. The number of epoxide rings is 1. The molecule has 462 valence electrons. The predicted octanol–water partition coefficient (Wildman–Crippen LogP) is 15.3. The van der Waals surface area contributed by atoms with Crippen molar-refractivity contribution in [2.24, 2.45) is 21.5 Å². The van der Waals surface area contributed by atoms with Gasteiger partial charge < -0.3 is 37.9 Å². The third kappa shape index (κ3) is 16.1. The van der Waals surface area contributed by atoms with Crippen molar-refractivity contribution >= 4 is 79.1 Å². The molecule has 89 heavy (non-hydrogen) atoms. The van der Waals surface area contributed by atoms with Crippen LogP contribution in [0, 0.1) is 18.3 Å². The number of rotatable bonds is 31. The van der Waals surface area contributed by atoms with Gasteiger partial charge in [0.05, 0.1) is 90.4 Å². The van der Waals surface area contributed by atoms with Crippen LogP contribution in [0.1, 0.15) is 122 Å². The average Bonchev–Trinajstić information content (AvgIpc) is 2.99. The normalized spacial score (nSPS) is 16.7.